The van der Waals surface area contributed by atoms with Crippen molar-refractivity contribution >= 4 is 17.8 Å². The molecule has 0 saturated carbocycles. The summed E-state index contributed by atoms with van der Waals surface area (Å²) < 4.78 is 15.6. The molecule has 0 fully saturated rings. The first-order chi connectivity index (χ1) is 12.6. The van der Waals surface area contributed by atoms with Gasteiger partial charge in [0.2, 0.25) is 6.79 Å². The number of benzene rings is 2. The molecule has 134 valence electrons. The van der Waals surface area contributed by atoms with Gasteiger partial charge in [0.05, 0.1) is 29.4 Å². The van der Waals surface area contributed by atoms with Crippen LogP contribution in [0.2, 0.25) is 0 Å². The Labute approximate surface area is 148 Å². The number of carbonyl (C=O) groups is 1. The van der Waals surface area contributed by atoms with E-state index in [1.54, 1.807) is 24.3 Å². The van der Waals surface area contributed by atoms with Gasteiger partial charge in [-0.05, 0) is 37.3 Å². The number of hydrogen-bond acceptors (Lipinski definition) is 7. The van der Waals surface area contributed by atoms with Crippen LogP contribution in [0.25, 0.3) is 0 Å². The summed E-state index contributed by atoms with van der Waals surface area (Å²) in [6.07, 6.45) is 1.19. The molecule has 0 bridgehead atoms. The molecule has 0 saturated heterocycles. The quantitative estimate of drug-likeness (QED) is 0.483. The van der Waals surface area contributed by atoms with Gasteiger partial charge in [-0.25, -0.2) is 5.43 Å². The first-order valence-electron chi connectivity index (χ1n) is 7.72. The summed E-state index contributed by atoms with van der Waals surface area (Å²) in [4.78, 5) is 22.7. The van der Waals surface area contributed by atoms with Crippen molar-refractivity contribution in [3.05, 3.63) is 57.6 Å². The van der Waals surface area contributed by atoms with E-state index in [1.807, 2.05) is 6.92 Å². The smallest absolute Gasteiger partial charge is 0.282 e. The lowest BCUT2D eigenvalue weighted by molar-refractivity contribution is -0.385. The Kier molecular flexibility index (Phi) is 4.97. The molecule has 0 aromatic heterocycles. The number of nitro benzene ring substituents is 1. The summed E-state index contributed by atoms with van der Waals surface area (Å²) >= 11 is 0. The third-order valence-corrected chi connectivity index (χ3v) is 3.52. The molecule has 26 heavy (non-hydrogen) atoms. The fourth-order valence-electron chi connectivity index (χ4n) is 2.30. The number of rotatable bonds is 6. The Hall–Kier alpha value is -3.62. The number of ether oxygens (including phenoxy) is 3. The first kappa shape index (κ1) is 17.2. The van der Waals surface area contributed by atoms with Crippen LogP contribution in [-0.4, -0.2) is 30.4 Å². The zero-order chi connectivity index (χ0) is 18.5. The van der Waals surface area contributed by atoms with Crippen molar-refractivity contribution in [3.8, 4) is 17.2 Å². The van der Waals surface area contributed by atoms with Crippen molar-refractivity contribution in [2.45, 2.75) is 6.92 Å². The summed E-state index contributed by atoms with van der Waals surface area (Å²) in [7, 11) is 0. The molecule has 2 aromatic rings. The van der Waals surface area contributed by atoms with Gasteiger partial charge >= 0.3 is 0 Å². The van der Waals surface area contributed by atoms with Crippen LogP contribution < -0.4 is 19.6 Å². The van der Waals surface area contributed by atoms with E-state index in [0.29, 0.717) is 29.4 Å². The number of hydrogen-bond donors (Lipinski definition) is 1. The Morgan fingerprint density at radius 1 is 1.31 bits per heavy atom. The van der Waals surface area contributed by atoms with Crippen molar-refractivity contribution in [2.75, 3.05) is 13.4 Å². The molecule has 1 heterocycles. The maximum atomic E-state index is 12.1. The molecule has 3 rings (SSSR count). The van der Waals surface area contributed by atoms with E-state index in [0.717, 1.165) is 0 Å². The van der Waals surface area contributed by atoms with E-state index in [4.69, 9.17) is 14.2 Å². The Bertz CT molecular complexity index is 864. The SMILES string of the molecule is CCOc1ccc(C(=O)NN=Cc2cc3c(cc2[N+](=O)[O-])OCO3)cc1. The van der Waals surface area contributed by atoms with Crippen LogP contribution in [0.5, 0.6) is 17.2 Å². The second-order valence-corrected chi connectivity index (χ2v) is 5.18. The van der Waals surface area contributed by atoms with E-state index < -0.39 is 10.8 Å². The van der Waals surface area contributed by atoms with E-state index in [-0.39, 0.29) is 18.0 Å². The van der Waals surface area contributed by atoms with E-state index in [1.165, 1.54) is 18.3 Å². The van der Waals surface area contributed by atoms with Crippen LogP contribution in [0.4, 0.5) is 5.69 Å². The minimum absolute atomic E-state index is 0.00155. The van der Waals surface area contributed by atoms with Crippen LogP contribution in [0, 0.1) is 10.1 Å². The molecule has 0 atom stereocenters. The predicted molar refractivity (Wildman–Crippen MR) is 91.9 cm³/mol. The van der Waals surface area contributed by atoms with Crippen LogP contribution in [0.3, 0.4) is 0 Å². The number of nitrogens with zero attached hydrogens (tertiary/aromatic N) is 2. The fraction of sp³-hybridized carbons (Fsp3) is 0.176. The van der Waals surface area contributed by atoms with Crippen LogP contribution in [-0.2, 0) is 0 Å². The number of amides is 1. The van der Waals surface area contributed by atoms with Crippen LogP contribution >= 0.6 is 0 Å². The number of carbonyl (C=O) groups excluding carboxylic acids is 1. The lowest BCUT2D eigenvalue weighted by Crippen LogP contribution is -2.17. The van der Waals surface area contributed by atoms with Gasteiger partial charge < -0.3 is 14.2 Å². The fourth-order valence-corrected chi connectivity index (χ4v) is 2.30. The van der Waals surface area contributed by atoms with Crippen molar-refractivity contribution in [1.82, 2.24) is 5.43 Å². The molecule has 2 aromatic carbocycles. The topological polar surface area (TPSA) is 112 Å². The summed E-state index contributed by atoms with van der Waals surface area (Å²) in [5.74, 6) is 0.887. The average molecular weight is 357 g/mol. The third kappa shape index (κ3) is 3.72. The molecular formula is C17H15N3O6. The molecule has 1 aliphatic rings. The van der Waals surface area contributed by atoms with Crippen molar-refractivity contribution in [1.29, 1.82) is 0 Å². The Morgan fingerprint density at radius 3 is 2.65 bits per heavy atom. The van der Waals surface area contributed by atoms with Gasteiger partial charge in [0.25, 0.3) is 11.6 Å². The highest BCUT2D eigenvalue weighted by atomic mass is 16.7. The second-order valence-electron chi connectivity index (χ2n) is 5.18. The predicted octanol–water partition coefficient (Wildman–Crippen LogP) is 2.49. The number of hydrazone groups is 1. The van der Waals surface area contributed by atoms with Crippen LogP contribution in [0.15, 0.2) is 41.5 Å². The zero-order valence-corrected chi connectivity index (χ0v) is 13.8. The number of fused-ring (bicyclic) bond motifs is 1. The zero-order valence-electron chi connectivity index (χ0n) is 13.8. The Balaban J connectivity index is 1.72. The lowest BCUT2D eigenvalue weighted by Gasteiger charge is -2.04. The molecule has 1 aliphatic heterocycles. The summed E-state index contributed by atoms with van der Waals surface area (Å²) in [5.41, 5.74) is 2.69. The molecular weight excluding hydrogens is 342 g/mol. The largest absolute Gasteiger partial charge is 0.494 e. The molecule has 0 aliphatic carbocycles. The number of nitro groups is 1. The summed E-state index contributed by atoms with van der Waals surface area (Å²) in [5, 5.41) is 15.0. The normalized spacial score (nSPS) is 12.2. The molecule has 1 N–H and O–H groups in total. The average Bonchev–Trinajstić information content (AvgIpc) is 3.09. The molecule has 0 radical (unpaired) electrons. The molecule has 9 nitrogen and oxygen atoms in total. The minimum atomic E-state index is -0.558. The van der Waals surface area contributed by atoms with E-state index in [9.17, 15) is 14.9 Å². The van der Waals surface area contributed by atoms with Crippen molar-refractivity contribution < 1.29 is 23.9 Å². The molecule has 0 spiro atoms. The van der Waals surface area contributed by atoms with Crippen LogP contribution in [0.1, 0.15) is 22.8 Å². The second kappa shape index (κ2) is 7.51. The van der Waals surface area contributed by atoms with Gasteiger partial charge in [0, 0.05) is 5.56 Å². The molecule has 0 unspecified atom stereocenters. The van der Waals surface area contributed by atoms with Gasteiger partial charge in [0.1, 0.15) is 5.75 Å². The van der Waals surface area contributed by atoms with Crippen molar-refractivity contribution in [3.63, 3.8) is 0 Å². The maximum Gasteiger partial charge on any atom is 0.282 e. The lowest BCUT2D eigenvalue weighted by atomic mass is 10.1. The van der Waals surface area contributed by atoms with E-state index in [2.05, 4.69) is 10.5 Å². The van der Waals surface area contributed by atoms with Gasteiger partial charge in [-0.2, -0.15) is 5.10 Å². The van der Waals surface area contributed by atoms with Gasteiger partial charge in [-0.1, -0.05) is 0 Å². The third-order valence-electron chi connectivity index (χ3n) is 3.52. The highest BCUT2D eigenvalue weighted by Gasteiger charge is 2.22. The highest BCUT2D eigenvalue weighted by Crippen LogP contribution is 2.37. The van der Waals surface area contributed by atoms with E-state index >= 15 is 0 Å². The summed E-state index contributed by atoms with van der Waals surface area (Å²) in [6, 6.07) is 9.23. The number of nitrogens with one attached hydrogen (secondary N) is 1. The molecule has 1 amide bonds. The van der Waals surface area contributed by atoms with Crippen molar-refractivity contribution in [2.24, 2.45) is 5.10 Å². The Morgan fingerprint density at radius 2 is 2.00 bits per heavy atom. The maximum absolute atomic E-state index is 12.1. The minimum Gasteiger partial charge on any atom is -0.494 e. The van der Waals surface area contributed by atoms with Gasteiger partial charge in [-0.15, -0.1) is 0 Å². The highest BCUT2D eigenvalue weighted by molar-refractivity contribution is 5.95. The monoisotopic (exact) mass is 357 g/mol. The summed E-state index contributed by atoms with van der Waals surface area (Å²) in [6.45, 7) is 2.40. The first-order valence-corrected chi connectivity index (χ1v) is 7.72. The van der Waals surface area contributed by atoms with Gasteiger partial charge in [-0.3, -0.25) is 14.9 Å². The van der Waals surface area contributed by atoms with Gasteiger partial charge in [0.15, 0.2) is 11.5 Å². The molecule has 9 heteroatoms. The standard InChI is InChI=1S/C17H15N3O6/c1-2-24-13-5-3-11(4-6-13)17(21)19-18-9-12-7-15-16(26-10-25-15)8-14(12)20(22)23/h3-9H,2,10H2,1H3,(H,19,21).